The summed E-state index contributed by atoms with van der Waals surface area (Å²) < 4.78 is 12.9. The number of nitrogens with zero attached hydrogens (tertiary/aromatic N) is 2. The quantitative estimate of drug-likeness (QED) is 0.848. The highest BCUT2D eigenvalue weighted by molar-refractivity contribution is 5.95. The standard InChI is InChI=1S/C11H8FN3O2/c12-7-1-2-10(9(3-7)11(16)17)15-8-4-13-6-14-5-8/h1-6,15H,(H,16,17). The lowest BCUT2D eigenvalue weighted by Crippen LogP contribution is -2.03. The van der Waals surface area contributed by atoms with Crippen LogP contribution >= 0.6 is 0 Å². The Kier molecular flexibility index (Phi) is 2.95. The molecule has 2 rings (SSSR count). The number of rotatable bonds is 3. The summed E-state index contributed by atoms with van der Waals surface area (Å²) in [4.78, 5) is 18.5. The molecule has 0 amide bonds. The molecule has 17 heavy (non-hydrogen) atoms. The molecule has 6 heteroatoms. The smallest absolute Gasteiger partial charge is 0.337 e. The summed E-state index contributed by atoms with van der Waals surface area (Å²) in [5, 5.41) is 11.7. The van der Waals surface area contributed by atoms with E-state index in [1.54, 1.807) is 0 Å². The molecule has 2 aromatic rings. The summed E-state index contributed by atoms with van der Waals surface area (Å²) in [5.41, 5.74) is 0.671. The largest absolute Gasteiger partial charge is 0.478 e. The van der Waals surface area contributed by atoms with E-state index in [4.69, 9.17) is 5.11 Å². The molecule has 0 unspecified atom stereocenters. The van der Waals surface area contributed by atoms with E-state index in [1.165, 1.54) is 30.9 Å². The number of carboxylic acid groups (broad SMARTS) is 1. The van der Waals surface area contributed by atoms with Gasteiger partial charge in [0.05, 0.1) is 29.3 Å². The van der Waals surface area contributed by atoms with Gasteiger partial charge < -0.3 is 10.4 Å². The predicted octanol–water partition coefficient (Wildman–Crippen LogP) is 2.06. The topological polar surface area (TPSA) is 75.1 Å². The third-order valence-electron chi connectivity index (χ3n) is 2.05. The molecule has 0 saturated heterocycles. The molecule has 0 bridgehead atoms. The lowest BCUT2D eigenvalue weighted by molar-refractivity contribution is 0.0697. The molecule has 1 aromatic carbocycles. The molecular formula is C11H8FN3O2. The summed E-state index contributed by atoms with van der Waals surface area (Å²) in [5.74, 6) is -1.80. The second-order valence-electron chi connectivity index (χ2n) is 3.25. The number of aromatic nitrogens is 2. The molecule has 0 fully saturated rings. The van der Waals surface area contributed by atoms with E-state index in [2.05, 4.69) is 15.3 Å². The molecule has 0 atom stereocenters. The van der Waals surface area contributed by atoms with Gasteiger partial charge in [0.25, 0.3) is 0 Å². The van der Waals surface area contributed by atoms with Crippen LogP contribution in [0.2, 0.25) is 0 Å². The van der Waals surface area contributed by atoms with Crippen molar-refractivity contribution in [2.45, 2.75) is 0 Å². The Balaban J connectivity index is 2.36. The Labute approximate surface area is 96.0 Å². The zero-order valence-corrected chi connectivity index (χ0v) is 8.59. The monoisotopic (exact) mass is 233 g/mol. The van der Waals surface area contributed by atoms with Crippen molar-refractivity contribution in [3.05, 3.63) is 48.3 Å². The Morgan fingerprint density at radius 3 is 2.65 bits per heavy atom. The van der Waals surface area contributed by atoms with Crippen LogP contribution in [0.3, 0.4) is 0 Å². The summed E-state index contributed by atoms with van der Waals surface area (Å²) in [6, 6.07) is 3.48. The van der Waals surface area contributed by atoms with Gasteiger partial charge >= 0.3 is 5.97 Å². The van der Waals surface area contributed by atoms with Crippen molar-refractivity contribution in [3.63, 3.8) is 0 Å². The first kappa shape index (κ1) is 11.0. The van der Waals surface area contributed by atoms with E-state index in [1.807, 2.05) is 0 Å². The number of aromatic carboxylic acids is 1. The maximum absolute atomic E-state index is 12.9. The number of carbonyl (C=O) groups is 1. The van der Waals surface area contributed by atoms with Gasteiger partial charge in [0.1, 0.15) is 12.1 Å². The number of halogens is 1. The minimum atomic E-state index is -1.20. The van der Waals surface area contributed by atoms with Gasteiger partial charge in [0.15, 0.2) is 0 Å². The van der Waals surface area contributed by atoms with E-state index in [-0.39, 0.29) is 11.3 Å². The van der Waals surface area contributed by atoms with Crippen LogP contribution in [-0.2, 0) is 0 Å². The lowest BCUT2D eigenvalue weighted by Gasteiger charge is -2.08. The second-order valence-corrected chi connectivity index (χ2v) is 3.25. The molecule has 1 aromatic heterocycles. The maximum atomic E-state index is 12.9. The van der Waals surface area contributed by atoms with Crippen molar-refractivity contribution >= 4 is 17.3 Å². The fourth-order valence-electron chi connectivity index (χ4n) is 1.32. The summed E-state index contributed by atoms with van der Waals surface area (Å²) >= 11 is 0. The van der Waals surface area contributed by atoms with E-state index in [9.17, 15) is 9.18 Å². The second kappa shape index (κ2) is 4.56. The molecule has 2 N–H and O–H groups in total. The number of anilines is 2. The first-order valence-corrected chi connectivity index (χ1v) is 4.71. The average molecular weight is 233 g/mol. The fraction of sp³-hybridized carbons (Fsp3) is 0. The van der Waals surface area contributed by atoms with Crippen LogP contribution in [-0.4, -0.2) is 21.0 Å². The molecule has 0 aliphatic carbocycles. The van der Waals surface area contributed by atoms with Crippen LogP contribution in [0.5, 0.6) is 0 Å². The van der Waals surface area contributed by atoms with Crippen LogP contribution in [0.15, 0.2) is 36.9 Å². The van der Waals surface area contributed by atoms with E-state index >= 15 is 0 Å². The SMILES string of the molecule is O=C(O)c1cc(F)ccc1Nc1cncnc1. The maximum Gasteiger partial charge on any atom is 0.337 e. The van der Waals surface area contributed by atoms with Crippen molar-refractivity contribution in [2.24, 2.45) is 0 Å². The number of carboxylic acids is 1. The Bertz CT molecular complexity index is 546. The Morgan fingerprint density at radius 2 is 2.00 bits per heavy atom. The molecule has 0 aliphatic rings. The van der Waals surface area contributed by atoms with Gasteiger partial charge in [-0.15, -0.1) is 0 Å². The Hall–Kier alpha value is -2.50. The summed E-state index contributed by atoms with van der Waals surface area (Å²) in [7, 11) is 0. The number of hydrogen-bond acceptors (Lipinski definition) is 4. The van der Waals surface area contributed by atoms with E-state index < -0.39 is 11.8 Å². The van der Waals surface area contributed by atoms with Crippen molar-refractivity contribution in [3.8, 4) is 0 Å². The van der Waals surface area contributed by atoms with Gasteiger partial charge in [0, 0.05) is 0 Å². The molecule has 1 heterocycles. The van der Waals surface area contributed by atoms with Crippen LogP contribution in [0.1, 0.15) is 10.4 Å². The highest BCUT2D eigenvalue weighted by atomic mass is 19.1. The van der Waals surface area contributed by atoms with E-state index in [0.717, 1.165) is 6.07 Å². The molecule has 0 aliphatic heterocycles. The molecule has 0 saturated carbocycles. The van der Waals surface area contributed by atoms with Crippen molar-refractivity contribution < 1.29 is 14.3 Å². The van der Waals surface area contributed by atoms with Crippen molar-refractivity contribution in [1.82, 2.24) is 9.97 Å². The van der Waals surface area contributed by atoms with Crippen LogP contribution in [0.25, 0.3) is 0 Å². The predicted molar refractivity (Wildman–Crippen MR) is 58.7 cm³/mol. The Morgan fingerprint density at radius 1 is 1.29 bits per heavy atom. The number of benzene rings is 1. The number of hydrogen-bond donors (Lipinski definition) is 2. The van der Waals surface area contributed by atoms with Crippen LogP contribution in [0, 0.1) is 5.82 Å². The first-order chi connectivity index (χ1) is 8.16. The molecule has 5 nitrogen and oxygen atoms in total. The average Bonchev–Trinajstić information content (AvgIpc) is 2.32. The third kappa shape index (κ3) is 2.54. The van der Waals surface area contributed by atoms with E-state index in [0.29, 0.717) is 5.69 Å². The van der Waals surface area contributed by atoms with Gasteiger partial charge in [0.2, 0.25) is 0 Å². The highest BCUT2D eigenvalue weighted by Crippen LogP contribution is 2.20. The van der Waals surface area contributed by atoms with Crippen molar-refractivity contribution in [2.75, 3.05) is 5.32 Å². The van der Waals surface area contributed by atoms with Crippen LogP contribution in [0.4, 0.5) is 15.8 Å². The molecule has 0 spiro atoms. The van der Waals surface area contributed by atoms with Gasteiger partial charge in [-0.1, -0.05) is 0 Å². The lowest BCUT2D eigenvalue weighted by atomic mass is 10.1. The normalized spacial score (nSPS) is 9.94. The first-order valence-electron chi connectivity index (χ1n) is 4.71. The summed E-state index contributed by atoms with van der Waals surface area (Å²) in [6.07, 6.45) is 4.33. The zero-order chi connectivity index (χ0) is 12.3. The van der Waals surface area contributed by atoms with Crippen molar-refractivity contribution in [1.29, 1.82) is 0 Å². The van der Waals surface area contributed by atoms with Gasteiger partial charge in [-0.3, -0.25) is 0 Å². The third-order valence-corrected chi connectivity index (χ3v) is 2.05. The molecular weight excluding hydrogens is 225 g/mol. The van der Waals surface area contributed by atoms with Gasteiger partial charge in [-0.25, -0.2) is 19.2 Å². The minimum Gasteiger partial charge on any atom is -0.478 e. The zero-order valence-electron chi connectivity index (χ0n) is 8.59. The van der Waals surface area contributed by atoms with Crippen LogP contribution < -0.4 is 5.32 Å². The highest BCUT2D eigenvalue weighted by Gasteiger charge is 2.11. The molecule has 86 valence electrons. The molecule has 0 radical (unpaired) electrons. The van der Waals surface area contributed by atoms with Gasteiger partial charge in [-0.05, 0) is 18.2 Å². The summed E-state index contributed by atoms with van der Waals surface area (Å²) in [6.45, 7) is 0. The fourth-order valence-corrected chi connectivity index (χ4v) is 1.32. The van der Waals surface area contributed by atoms with Gasteiger partial charge in [-0.2, -0.15) is 0 Å². The number of nitrogens with one attached hydrogen (secondary N) is 1. The minimum absolute atomic E-state index is 0.145.